The zero-order valence-electron chi connectivity index (χ0n) is 18.8. The van der Waals surface area contributed by atoms with Crippen LogP contribution in [0, 0.1) is 25.2 Å². The zero-order chi connectivity index (χ0) is 26.9. The Morgan fingerprint density at radius 2 is 1.78 bits per heavy atom. The first kappa shape index (κ1) is 27.9. The van der Waals surface area contributed by atoms with Gasteiger partial charge in [-0.05, 0) is 56.7 Å². The summed E-state index contributed by atoms with van der Waals surface area (Å²) in [4.78, 5) is 17.0. The van der Waals surface area contributed by atoms with E-state index in [0.29, 0.717) is 14.8 Å². The maximum atomic E-state index is 13.1. The van der Waals surface area contributed by atoms with Crippen LogP contribution in [0.1, 0.15) is 35.4 Å². The Bertz CT molecular complexity index is 1430. The van der Waals surface area contributed by atoms with Crippen molar-refractivity contribution in [1.29, 1.82) is 5.26 Å². The predicted octanol–water partition coefficient (Wildman–Crippen LogP) is 5.48. The van der Waals surface area contributed by atoms with Crippen molar-refractivity contribution in [2.45, 2.75) is 54.3 Å². The molecular weight excluding hydrogens is 547 g/mol. The first-order chi connectivity index (χ1) is 16.7. The number of hydrogen-bond donors (Lipinski definition) is 1. The Labute approximate surface area is 211 Å². The fraction of sp³-hybridized carbons (Fsp3) is 0.381. The van der Waals surface area contributed by atoms with E-state index in [1.807, 2.05) is 6.07 Å². The summed E-state index contributed by atoms with van der Waals surface area (Å²) in [6.07, 6.45) is -7.29. The summed E-state index contributed by atoms with van der Waals surface area (Å²) in [6.45, 7) is 3.38. The smallest absolute Gasteiger partial charge is 0.261 e. The summed E-state index contributed by atoms with van der Waals surface area (Å²) in [6, 6.07) is 6.96. The van der Waals surface area contributed by atoms with Gasteiger partial charge in [-0.2, -0.15) is 32.2 Å². The number of nitrogens with one attached hydrogen (secondary N) is 1. The number of fused-ring (bicyclic) bond motifs is 1. The lowest BCUT2D eigenvalue weighted by Gasteiger charge is -2.19. The second-order valence-corrected chi connectivity index (χ2v) is 12.0. The van der Waals surface area contributed by atoms with Crippen LogP contribution in [0.15, 0.2) is 38.2 Å². The van der Waals surface area contributed by atoms with Gasteiger partial charge in [-0.1, -0.05) is 0 Å². The highest BCUT2D eigenvalue weighted by Crippen LogP contribution is 2.41. The van der Waals surface area contributed by atoms with E-state index in [1.165, 1.54) is 40.2 Å². The molecule has 2 aliphatic heterocycles. The van der Waals surface area contributed by atoms with Crippen molar-refractivity contribution < 1.29 is 30.4 Å². The molecule has 36 heavy (non-hydrogen) atoms. The first-order valence-electron chi connectivity index (χ1n) is 10.3. The number of thioether (sulfide) groups is 1. The van der Waals surface area contributed by atoms with E-state index >= 15 is 0 Å². The average molecular weight is 567 g/mol. The fourth-order valence-electron chi connectivity index (χ4n) is 3.14. The summed E-state index contributed by atoms with van der Waals surface area (Å²) < 4.78 is 93.0. The van der Waals surface area contributed by atoms with Gasteiger partial charge in [0.1, 0.15) is 5.69 Å². The lowest BCUT2D eigenvalue weighted by Crippen LogP contribution is -2.36. The number of hydrogen-bond acceptors (Lipinski definition) is 7. The van der Waals surface area contributed by atoms with Crippen molar-refractivity contribution in [2.75, 3.05) is 10.5 Å². The van der Waals surface area contributed by atoms with Crippen molar-refractivity contribution in [1.82, 2.24) is 9.55 Å². The Balaban J connectivity index is 1.86. The number of aryl methyl sites for hydroxylation is 1. The molecule has 0 amide bonds. The third-order valence-electron chi connectivity index (χ3n) is 5.19. The zero-order valence-corrected chi connectivity index (χ0v) is 21.3. The van der Waals surface area contributed by atoms with E-state index < -0.39 is 34.2 Å². The van der Waals surface area contributed by atoms with E-state index in [0.717, 1.165) is 11.8 Å². The molecule has 0 atom stereocenters. The molecule has 0 fully saturated rings. The number of imidazole rings is 1. The van der Waals surface area contributed by atoms with Crippen LogP contribution in [0.4, 0.5) is 27.8 Å². The molecule has 0 aliphatic carbocycles. The Hall–Kier alpha value is -2.70. The SMILES string of the molecule is Cc1sc(SCCCCC(F)(F)C(F)(F)F)c2c(NS(=O)(=O)c3ccc(C#N)cc3)nc(=O)n-2c1C. The summed E-state index contributed by atoms with van der Waals surface area (Å²) in [5, 5.41) is 8.90. The fourth-order valence-corrected chi connectivity index (χ4v) is 6.67. The summed E-state index contributed by atoms with van der Waals surface area (Å²) in [5.41, 5.74) is 0.201. The molecule has 0 spiro atoms. The molecule has 0 bridgehead atoms. The van der Waals surface area contributed by atoms with Crippen LogP contribution < -0.4 is 10.4 Å². The van der Waals surface area contributed by atoms with Gasteiger partial charge in [0.15, 0.2) is 5.82 Å². The lowest BCUT2D eigenvalue weighted by molar-refractivity contribution is -0.284. The number of unbranched alkanes of at least 4 members (excludes halogenated alkanes) is 1. The number of nitrogens with zero attached hydrogens (tertiary/aromatic N) is 3. The van der Waals surface area contributed by atoms with Gasteiger partial charge in [0.2, 0.25) is 0 Å². The molecular formula is C21H19F5N4O3S3. The van der Waals surface area contributed by atoms with E-state index in [-0.39, 0.29) is 40.6 Å². The van der Waals surface area contributed by atoms with Gasteiger partial charge < -0.3 is 0 Å². The van der Waals surface area contributed by atoms with Crippen LogP contribution in [-0.2, 0) is 10.0 Å². The molecule has 1 aromatic rings. The van der Waals surface area contributed by atoms with Crippen LogP contribution in [0.2, 0.25) is 0 Å². The van der Waals surface area contributed by atoms with Crippen LogP contribution in [-0.4, -0.2) is 35.8 Å². The van der Waals surface area contributed by atoms with E-state index in [9.17, 15) is 35.2 Å². The minimum absolute atomic E-state index is 0.0345. The van der Waals surface area contributed by atoms with Gasteiger partial charge >= 0.3 is 17.8 Å². The molecule has 1 N–H and O–H groups in total. The van der Waals surface area contributed by atoms with E-state index in [2.05, 4.69) is 9.71 Å². The number of sulfonamides is 1. The van der Waals surface area contributed by atoms with Crippen molar-refractivity contribution in [3.05, 3.63) is 50.9 Å². The monoisotopic (exact) mass is 566 g/mol. The molecule has 0 saturated heterocycles. The second kappa shape index (κ2) is 10.3. The summed E-state index contributed by atoms with van der Waals surface area (Å²) in [5.74, 6) is -4.85. The number of alkyl halides is 5. The van der Waals surface area contributed by atoms with Crippen molar-refractivity contribution in [3.8, 4) is 11.8 Å². The summed E-state index contributed by atoms with van der Waals surface area (Å²) in [7, 11) is -4.18. The van der Waals surface area contributed by atoms with E-state index in [1.54, 1.807) is 13.8 Å². The minimum atomic E-state index is -5.61. The Kier molecular flexibility index (Phi) is 8.01. The van der Waals surface area contributed by atoms with Crippen molar-refractivity contribution in [3.63, 3.8) is 0 Å². The molecule has 194 valence electrons. The average Bonchev–Trinajstić information content (AvgIpc) is 3.11. The van der Waals surface area contributed by atoms with Crippen LogP contribution in [0.25, 0.3) is 5.69 Å². The quantitative estimate of drug-likeness (QED) is 0.209. The Morgan fingerprint density at radius 1 is 1.14 bits per heavy atom. The number of rotatable bonds is 9. The Morgan fingerprint density at radius 3 is 2.36 bits per heavy atom. The van der Waals surface area contributed by atoms with Gasteiger partial charge in [0, 0.05) is 17.0 Å². The third-order valence-corrected chi connectivity index (χ3v) is 9.08. The molecule has 7 nitrogen and oxygen atoms in total. The maximum absolute atomic E-state index is 13.1. The topological polar surface area (TPSA) is 105 Å². The molecule has 3 rings (SSSR count). The molecule has 2 heterocycles. The van der Waals surface area contributed by atoms with E-state index in [4.69, 9.17) is 5.26 Å². The number of nitriles is 1. The molecule has 0 radical (unpaired) electrons. The maximum Gasteiger partial charge on any atom is 0.453 e. The predicted molar refractivity (Wildman–Crippen MR) is 126 cm³/mol. The highest BCUT2D eigenvalue weighted by molar-refractivity contribution is 8.01. The number of aromatic nitrogens is 2. The molecule has 1 aromatic carbocycles. The van der Waals surface area contributed by atoms with Gasteiger partial charge in [0.25, 0.3) is 10.0 Å². The lowest BCUT2D eigenvalue weighted by atomic mass is 10.1. The van der Waals surface area contributed by atoms with Gasteiger partial charge in [0.05, 0.1) is 20.7 Å². The minimum Gasteiger partial charge on any atom is -0.261 e. The van der Waals surface area contributed by atoms with Crippen LogP contribution in [0.5, 0.6) is 0 Å². The van der Waals surface area contributed by atoms with Crippen LogP contribution in [0.3, 0.4) is 0 Å². The van der Waals surface area contributed by atoms with Gasteiger partial charge in [-0.3, -0.25) is 9.29 Å². The number of anilines is 1. The number of halogens is 5. The van der Waals surface area contributed by atoms with Crippen molar-refractivity contribution in [2.24, 2.45) is 0 Å². The summed E-state index contributed by atoms with van der Waals surface area (Å²) >= 11 is 2.33. The van der Waals surface area contributed by atoms with Gasteiger partial charge in [-0.15, -0.1) is 23.1 Å². The standard InChI is InChI=1S/C21H19F5N4O3S3/c1-12-13(2)35-18(34-10-4-3-9-20(22,23)21(24,25)26)16-17(28-19(31)30(12)16)29-36(32,33)15-7-5-14(11-27)6-8-15/h5-8H,3-4,9-10H2,1-2H3,(H,28,29,31). The number of benzene rings is 1. The normalized spacial score (nSPS) is 12.6. The van der Waals surface area contributed by atoms with Crippen molar-refractivity contribution >= 4 is 38.9 Å². The second-order valence-electron chi connectivity index (χ2n) is 7.71. The highest BCUT2D eigenvalue weighted by atomic mass is 32.2. The molecule has 15 heteroatoms. The molecule has 0 unspecified atom stereocenters. The molecule has 0 saturated carbocycles. The molecule has 0 aromatic heterocycles. The molecule has 2 aliphatic rings. The highest BCUT2D eigenvalue weighted by Gasteiger charge is 2.56. The largest absolute Gasteiger partial charge is 0.453 e. The first-order valence-corrected chi connectivity index (χ1v) is 13.6. The third kappa shape index (κ3) is 5.81. The van der Waals surface area contributed by atoms with Crippen LogP contribution >= 0.6 is 23.1 Å². The van der Waals surface area contributed by atoms with Gasteiger partial charge in [-0.25, -0.2) is 13.2 Å².